The van der Waals surface area contributed by atoms with Crippen molar-refractivity contribution >= 4 is 5.91 Å². The largest absolute Gasteiger partial charge is 0.493 e. The normalized spacial score (nSPS) is 15.4. The van der Waals surface area contributed by atoms with Crippen molar-refractivity contribution in [1.29, 1.82) is 0 Å². The van der Waals surface area contributed by atoms with Crippen LogP contribution in [-0.2, 0) is 11.3 Å². The lowest BCUT2D eigenvalue weighted by molar-refractivity contribution is -0.133. The Morgan fingerprint density at radius 2 is 1.88 bits per heavy atom. The van der Waals surface area contributed by atoms with Crippen molar-refractivity contribution in [1.82, 2.24) is 20.0 Å². The summed E-state index contributed by atoms with van der Waals surface area (Å²) in [4.78, 5) is 16.5. The molecule has 1 saturated heterocycles. The SMILES string of the molecule is CC(C)c1nnc(CN2CCN(C(=O)CCOc3ccccc3)CC2)o1. The summed E-state index contributed by atoms with van der Waals surface area (Å²) in [5.74, 6) is 2.49. The average molecular weight is 358 g/mol. The van der Waals surface area contributed by atoms with Crippen LogP contribution in [-0.4, -0.2) is 58.7 Å². The summed E-state index contributed by atoms with van der Waals surface area (Å²) in [5, 5.41) is 8.16. The lowest BCUT2D eigenvalue weighted by Gasteiger charge is -2.34. The van der Waals surface area contributed by atoms with E-state index in [1.165, 1.54) is 0 Å². The van der Waals surface area contributed by atoms with Gasteiger partial charge in [0.25, 0.3) is 0 Å². The van der Waals surface area contributed by atoms with Crippen LogP contribution in [0.5, 0.6) is 5.75 Å². The molecule has 2 heterocycles. The molecule has 2 aromatic rings. The number of hydrogen-bond donors (Lipinski definition) is 0. The summed E-state index contributed by atoms with van der Waals surface area (Å²) in [6.45, 7) is 8.16. The van der Waals surface area contributed by atoms with E-state index in [4.69, 9.17) is 9.15 Å². The molecule has 0 spiro atoms. The standard InChI is InChI=1S/C19H26N4O3/c1-15(2)19-21-20-17(26-19)14-22-9-11-23(12-10-22)18(24)8-13-25-16-6-4-3-5-7-16/h3-7,15H,8-14H2,1-2H3. The van der Waals surface area contributed by atoms with Gasteiger partial charge in [0.2, 0.25) is 17.7 Å². The van der Waals surface area contributed by atoms with E-state index in [0.29, 0.717) is 31.4 Å². The molecule has 1 fully saturated rings. The van der Waals surface area contributed by atoms with Crippen molar-refractivity contribution in [3.05, 3.63) is 42.1 Å². The minimum Gasteiger partial charge on any atom is -0.493 e. The minimum atomic E-state index is 0.139. The highest BCUT2D eigenvalue weighted by Crippen LogP contribution is 2.14. The van der Waals surface area contributed by atoms with Crippen LogP contribution in [0.25, 0.3) is 0 Å². The molecule has 3 rings (SSSR count). The number of rotatable bonds is 7. The van der Waals surface area contributed by atoms with Crippen molar-refractivity contribution in [2.45, 2.75) is 32.7 Å². The van der Waals surface area contributed by atoms with Crippen molar-refractivity contribution in [2.75, 3.05) is 32.8 Å². The van der Waals surface area contributed by atoms with E-state index >= 15 is 0 Å². The Bertz CT molecular complexity index is 694. The number of nitrogens with zero attached hydrogens (tertiary/aromatic N) is 4. The van der Waals surface area contributed by atoms with Gasteiger partial charge < -0.3 is 14.1 Å². The molecule has 0 aliphatic carbocycles. The monoisotopic (exact) mass is 358 g/mol. The molecule has 0 unspecified atom stereocenters. The highest BCUT2D eigenvalue weighted by molar-refractivity contribution is 5.76. The van der Waals surface area contributed by atoms with Crippen molar-refractivity contribution < 1.29 is 13.9 Å². The van der Waals surface area contributed by atoms with Gasteiger partial charge in [-0.25, -0.2) is 0 Å². The fraction of sp³-hybridized carbons (Fsp3) is 0.526. The number of amides is 1. The van der Waals surface area contributed by atoms with E-state index < -0.39 is 0 Å². The minimum absolute atomic E-state index is 0.139. The molecule has 1 aromatic carbocycles. The van der Waals surface area contributed by atoms with Gasteiger partial charge in [0.05, 0.1) is 19.6 Å². The number of piperazine rings is 1. The molecule has 0 bridgehead atoms. The third-order valence-corrected chi connectivity index (χ3v) is 4.39. The van der Waals surface area contributed by atoms with Gasteiger partial charge in [-0.3, -0.25) is 9.69 Å². The second-order valence-electron chi connectivity index (χ2n) is 6.76. The zero-order valence-corrected chi connectivity index (χ0v) is 15.4. The fourth-order valence-corrected chi connectivity index (χ4v) is 2.84. The van der Waals surface area contributed by atoms with Crippen LogP contribution in [0.3, 0.4) is 0 Å². The van der Waals surface area contributed by atoms with Gasteiger partial charge in [-0.2, -0.15) is 0 Å². The molecule has 7 nitrogen and oxygen atoms in total. The second-order valence-corrected chi connectivity index (χ2v) is 6.76. The van der Waals surface area contributed by atoms with Crippen molar-refractivity contribution in [3.8, 4) is 5.75 Å². The zero-order chi connectivity index (χ0) is 18.4. The highest BCUT2D eigenvalue weighted by atomic mass is 16.5. The van der Waals surface area contributed by atoms with E-state index in [0.717, 1.165) is 31.9 Å². The summed E-state index contributed by atoms with van der Waals surface area (Å²) in [6, 6.07) is 9.57. The predicted octanol–water partition coefficient (Wildman–Crippen LogP) is 2.31. The van der Waals surface area contributed by atoms with E-state index in [2.05, 4.69) is 15.1 Å². The maximum absolute atomic E-state index is 12.3. The molecule has 1 aliphatic rings. The zero-order valence-electron chi connectivity index (χ0n) is 15.4. The number of carbonyl (C=O) groups is 1. The van der Waals surface area contributed by atoms with Crippen LogP contribution in [0.2, 0.25) is 0 Å². The first-order valence-corrected chi connectivity index (χ1v) is 9.12. The number of benzene rings is 1. The Labute approximate surface area is 153 Å². The lowest BCUT2D eigenvalue weighted by atomic mass is 10.2. The summed E-state index contributed by atoms with van der Waals surface area (Å²) in [6.07, 6.45) is 0.399. The predicted molar refractivity (Wildman–Crippen MR) is 96.8 cm³/mol. The fourth-order valence-electron chi connectivity index (χ4n) is 2.84. The van der Waals surface area contributed by atoms with Crippen molar-refractivity contribution in [3.63, 3.8) is 0 Å². The van der Waals surface area contributed by atoms with Gasteiger partial charge in [0, 0.05) is 32.1 Å². The molecule has 0 radical (unpaired) electrons. The molecule has 0 atom stereocenters. The molecule has 1 aliphatic heterocycles. The number of para-hydroxylation sites is 1. The first-order valence-electron chi connectivity index (χ1n) is 9.12. The Hall–Kier alpha value is -2.41. The van der Waals surface area contributed by atoms with Crippen LogP contribution in [0, 0.1) is 0 Å². The quantitative estimate of drug-likeness (QED) is 0.756. The van der Waals surface area contributed by atoms with Gasteiger partial charge in [0.15, 0.2) is 0 Å². The second kappa shape index (κ2) is 8.80. The maximum atomic E-state index is 12.3. The molecule has 7 heteroatoms. The Morgan fingerprint density at radius 1 is 1.15 bits per heavy atom. The van der Waals surface area contributed by atoms with E-state index in [9.17, 15) is 4.79 Å². The molecule has 0 N–H and O–H groups in total. The number of carbonyl (C=O) groups excluding carboxylic acids is 1. The van der Waals surface area contributed by atoms with Gasteiger partial charge >= 0.3 is 0 Å². The van der Waals surface area contributed by atoms with Gasteiger partial charge in [-0.1, -0.05) is 32.0 Å². The molecular weight excluding hydrogens is 332 g/mol. The van der Waals surface area contributed by atoms with Gasteiger partial charge in [-0.05, 0) is 12.1 Å². The van der Waals surface area contributed by atoms with Gasteiger partial charge in [-0.15, -0.1) is 10.2 Å². The maximum Gasteiger partial charge on any atom is 0.230 e. The number of hydrogen-bond acceptors (Lipinski definition) is 6. The highest BCUT2D eigenvalue weighted by Gasteiger charge is 2.22. The topological polar surface area (TPSA) is 71.7 Å². The van der Waals surface area contributed by atoms with Crippen LogP contribution in [0.15, 0.2) is 34.7 Å². The van der Waals surface area contributed by atoms with E-state index in [1.807, 2.05) is 49.1 Å². The van der Waals surface area contributed by atoms with E-state index in [1.54, 1.807) is 0 Å². The summed E-state index contributed by atoms with van der Waals surface area (Å²) in [7, 11) is 0. The Kier molecular flexibility index (Phi) is 6.22. The Balaban J connectivity index is 1.38. The average Bonchev–Trinajstić information content (AvgIpc) is 3.12. The summed E-state index contributed by atoms with van der Waals surface area (Å²) < 4.78 is 11.3. The van der Waals surface area contributed by atoms with Crippen LogP contribution in [0.1, 0.15) is 38.0 Å². The number of ether oxygens (including phenoxy) is 1. The molecule has 1 aromatic heterocycles. The van der Waals surface area contributed by atoms with Gasteiger partial charge in [0.1, 0.15) is 5.75 Å². The first-order chi connectivity index (χ1) is 12.6. The molecular formula is C19H26N4O3. The number of aromatic nitrogens is 2. The summed E-state index contributed by atoms with van der Waals surface area (Å²) in [5.41, 5.74) is 0. The van der Waals surface area contributed by atoms with Crippen LogP contribution >= 0.6 is 0 Å². The van der Waals surface area contributed by atoms with Crippen LogP contribution < -0.4 is 4.74 Å². The third-order valence-electron chi connectivity index (χ3n) is 4.39. The molecule has 26 heavy (non-hydrogen) atoms. The van der Waals surface area contributed by atoms with Crippen LogP contribution in [0.4, 0.5) is 0 Å². The molecule has 0 saturated carbocycles. The van der Waals surface area contributed by atoms with Crippen molar-refractivity contribution in [2.24, 2.45) is 0 Å². The summed E-state index contributed by atoms with van der Waals surface area (Å²) >= 11 is 0. The third kappa shape index (κ3) is 5.05. The molecule has 140 valence electrons. The Morgan fingerprint density at radius 3 is 2.54 bits per heavy atom. The first kappa shape index (κ1) is 18.4. The lowest BCUT2D eigenvalue weighted by Crippen LogP contribution is -2.48. The molecule has 1 amide bonds. The smallest absolute Gasteiger partial charge is 0.230 e. The van der Waals surface area contributed by atoms with E-state index in [-0.39, 0.29) is 11.8 Å².